The standard InChI is InChI=1S/C27H33N5O3/c1-3-4-8-21-18-32(31-28-21)22-14-12-20(13-15-22)26(33)29-30-27(34)25-17-24(16-11-19(25)2)35-23-9-6-5-7-10-23/h11-18,23H,3-10H2,1-2H3,(H,29,33)(H,30,34). The summed E-state index contributed by atoms with van der Waals surface area (Å²) < 4.78 is 7.78. The fourth-order valence-corrected chi connectivity index (χ4v) is 4.21. The van der Waals surface area contributed by atoms with Gasteiger partial charge in [-0.05, 0) is 87.4 Å². The third-order valence-electron chi connectivity index (χ3n) is 6.32. The number of carbonyl (C=O) groups excluding carboxylic acids is 2. The first kappa shape index (κ1) is 24.4. The molecule has 4 rings (SSSR count). The number of hydrazine groups is 1. The molecule has 2 aromatic carbocycles. The van der Waals surface area contributed by atoms with Crippen LogP contribution in [0.4, 0.5) is 0 Å². The molecule has 0 saturated heterocycles. The van der Waals surface area contributed by atoms with E-state index in [1.165, 1.54) is 19.3 Å². The zero-order chi connectivity index (χ0) is 24.6. The monoisotopic (exact) mass is 475 g/mol. The Morgan fingerprint density at radius 3 is 2.51 bits per heavy atom. The van der Waals surface area contributed by atoms with E-state index in [9.17, 15) is 9.59 Å². The van der Waals surface area contributed by atoms with Gasteiger partial charge in [-0.1, -0.05) is 31.0 Å². The highest BCUT2D eigenvalue weighted by atomic mass is 16.5. The van der Waals surface area contributed by atoms with Gasteiger partial charge in [0, 0.05) is 11.1 Å². The lowest BCUT2D eigenvalue weighted by Crippen LogP contribution is -2.41. The number of nitrogens with zero attached hydrogens (tertiary/aromatic N) is 3. The SMILES string of the molecule is CCCCc1cn(-c2ccc(C(=O)NNC(=O)c3cc(OC4CCCCC4)ccc3C)cc2)nn1. The minimum atomic E-state index is -0.403. The number of aromatic nitrogens is 3. The summed E-state index contributed by atoms with van der Waals surface area (Å²) in [6.45, 7) is 4.00. The van der Waals surface area contributed by atoms with Crippen LogP contribution in [-0.4, -0.2) is 32.9 Å². The summed E-state index contributed by atoms with van der Waals surface area (Å²) in [4.78, 5) is 25.3. The van der Waals surface area contributed by atoms with Gasteiger partial charge in [-0.25, -0.2) is 4.68 Å². The largest absolute Gasteiger partial charge is 0.490 e. The summed E-state index contributed by atoms with van der Waals surface area (Å²) in [7, 11) is 0. The van der Waals surface area contributed by atoms with Crippen LogP contribution in [0.5, 0.6) is 5.75 Å². The van der Waals surface area contributed by atoms with E-state index in [-0.39, 0.29) is 12.0 Å². The van der Waals surface area contributed by atoms with Gasteiger partial charge in [0.25, 0.3) is 11.8 Å². The summed E-state index contributed by atoms with van der Waals surface area (Å²) in [5.41, 5.74) is 8.47. The van der Waals surface area contributed by atoms with Gasteiger partial charge < -0.3 is 4.74 Å². The lowest BCUT2D eigenvalue weighted by molar-refractivity contribution is 0.0846. The maximum atomic E-state index is 12.8. The van der Waals surface area contributed by atoms with E-state index in [1.54, 1.807) is 35.0 Å². The number of carbonyl (C=O) groups is 2. The Kier molecular flexibility index (Phi) is 8.13. The second-order valence-electron chi connectivity index (χ2n) is 9.07. The van der Waals surface area contributed by atoms with E-state index in [0.29, 0.717) is 16.9 Å². The minimum Gasteiger partial charge on any atom is -0.490 e. The van der Waals surface area contributed by atoms with Gasteiger partial charge in [0.2, 0.25) is 0 Å². The lowest BCUT2D eigenvalue weighted by atomic mass is 9.97. The third-order valence-corrected chi connectivity index (χ3v) is 6.32. The molecule has 2 amide bonds. The fraction of sp³-hybridized carbons (Fsp3) is 0.407. The molecule has 1 saturated carbocycles. The van der Waals surface area contributed by atoms with Gasteiger partial charge in [0.15, 0.2) is 0 Å². The second kappa shape index (κ2) is 11.6. The molecule has 0 bridgehead atoms. The fourth-order valence-electron chi connectivity index (χ4n) is 4.21. The molecule has 8 heteroatoms. The van der Waals surface area contributed by atoms with Crippen LogP contribution in [0.1, 0.15) is 83.8 Å². The van der Waals surface area contributed by atoms with Crippen molar-refractivity contribution < 1.29 is 14.3 Å². The molecule has 1 aliphatic carbocycles. The van der Waals surface area contributed by atoms with Crippen molar-refractivity contribution in [1.82, 2.24) is 25.8 Å². The van der Waals surface area contributed by atoms with E-state index in [2.05, 4.69) is 28.1 Å². The topological polar surface area (TPSA) is 98.1 Å². The van der Waals surface area contributed by atoms with Gasteiger partial charge in [0.05, 0.1) is 23.7 Å². The Labute approximate surface area is 206 Å². The molecule has 35 heavy (non-hydrogen) atoms. The minimum absolute atomic E-state index is 0.200. The molecule has 2 N–H and O–H groups in total. The van der Waals surface area contributed by atoms with Crippen molar-refractivity contribution in [3.05, 3.63) is 71.0 Å². The molecule has 184 valence electrons. The normalized spacial score (nSPS) is 13.9. The molecule has 0 atom stereocenters. The zero-order valence-electron chi connectivity index (χ0n) is 20.4. The van der Waals surface area contributed by atoms with E-state index < -0.39 is 5.91 Å². The molecule has 1 aliphatic rings. The Hall–Kier alpha value is -3.68. The van der Waals surface area contributed by atoms with Gasteiger partial charge in [0.1, 0.15) is 5.75 Å². The molecule has 0 aliphatic heterocycles. The van der Waals surface area contributed by atoms with Gasteiger partial charge in [-0.3, -0.25) is 20.4 Å². The first-order valence-electron chi connectivity index (χ1n) is 12.4. The molecular formula is C27H33N5O3. The molecule has 3 aromatic rings. The Balaban J connectivity index is 1.33. The number of aryl methyl sites for hydroxylation is 2. The maximum absolute atomic E-state index is 12.8. The predicted octanol–water partition coefficient (Wildman–Crippen LogP) is 4.70. The number of unbranched alkanes of at least 4 members (excludes halogenated alkanes) is 1. The van der Waals surface area contributed by atoms with Crippen molar-refractivity contribution in [2.75, 3.05) is 0 Å². The van der Waals surface area contributed by atoms with Crippen LogP contribution in [-0.2, 0) is 6.42 Å². The average molecular weight is 476 g/mol. The summed E-state index contributed by atoms with van der Waals surface area (Å²) in [5.74, 6) is -0.108. The quantitative estimate of drug-likeness (QED) is 0.460. The summed E-state index contributed by atoms with van der Waals surface area (Å²) in [6.07, 6.45) is 10.9. The van der Waals surface area contributed by atoms with Gasteiger partial charge >= 0.3 is 0 Å². The summed E-state index contributed by atoms with van der Waals surface area (Å²) in [6, 6.07) is 12.5. The Morgan fingerprint density at radius 1 is 1.03 bits per heavy atom. The van der Waals surface area contributed by atoms with Crippen molar-refractivity contribution in [2.45, 2.75) is 71.3 Å². The summed E-state index contributed by atoms with van der Waals surface area (Å²) in [5, 5.41) is 8.35. The predicted molar refractivity (Wildman–Crippen MR) is 134 cm³/mol. The van der Waals surface area contributed by atoms with Crippen LogP contribution in [0.25, 0.3) is 5.69 Å². The molecule has 0 unspecified atom stereocenters. The van der Waals surface area contributed by atoms with Crippen molar-refractivity contribution in [1.29, 1.82) is 0 Å². The molecule has 1 fully saturated rings. The van der Waals surface area contributed by atoms with Gasteiger partial charge in [-0.2, -0.15) is 0 Å². The van der Waals surface area contributed by atoms with E-state index in [1.807, 2.05) is 25.3 Å². The highest BCUT2D eigenvalue weighted by Gasteiger charge is 2.17. The summed E-state index contributed by atoms with van der Waals surface area (Å²) >= 11 is 0. The number of amides is 2. The van der Waals surface area contributed by atoms with Crippen LogP contribution in [0, 0.1) is 6.92 Å². The molecule has 8 nitrogen and oxygen atoms in total. The van der Waals surface area contributed by atoms with Crippen molar-refractivity contribution in [3.8, 4) is 11.4 Å². The molecule has 1 heterocycles. The third kappa shape index (κ3) is 6.47. The van der Waals surface area contributed by atoms with Crippen molar-refractivity contribution >= 4 is 11.8 Å². The molecular weight excluding hydrogens is 442 g/mol. The molecule has 1 aromatic heterocycles. The number of benzene rings is 2. The molecule has 0 radical (unpaired) electrons. The van der Waals surface area contributed by atoms with E-state index in [0.717, 1.165) is 49.0 Å². The Bertz CT molecular complexity index is 1150. The maximum Gasteiger partial charge on any atom is 0.270 e. The van der Waals surface area contributed by atoms with E-state index >= 15 is 0 Å². The van der Waals surface area contributed by atoms with Crippen LogP contribution >= 0.6 is 0 Å². The van der Waals surface area contributed by atoms with Crippen LogP contribution in [0.3, 0.4) is 0 Å². The average Bonchev–Trinajstić information content (AvgIpc) is 3.36. The van der Waals surface area contributed by atoms with Crippen LogP contribution in [0.2, 0.25) is 0 Å². The Morgan fingerprint density at radius 2 is 1.77 bits per heavy atom. The zero-order valence-corrected chi connectivity index (χ0v) is 20.4. The van der Waals surface area contributed by atoms with Gasteiger partial charge in [-0.15, -0.1) is 5.10 Å². The highest BCUT2D eigenvalue weighted by molar-refractivity contribution is 6.00. The first-order chi connectivity index (χ1) is 17.0. The van der Waals surface area contributed by atoms with Crippen LogP contribution in [0.15, 0.2) is 48.7 Å². The van der Waals surface area contributed by atoms with Crippen LogP contribution < -0.4 is 15.6 Å². The number of rotatable bonds is 8. The number of ether oxygens (including phenoxy) is 1. The number of hydrogen-bond donors (Lipinski definition) is 2. The second-order valence-corrected chi connectivity index (χ2v) is 9.07. The van der Waals surface area contributed by atoms with E-state index in [4.69, 9.17) is 4.74 Å². The molecule has 0 spiro atoms. The number of nitrogens with one attached hydrogen (secondary N) is 2. The highest BCUT2D eigenvalue weighted by Crippen LogP contribution is 2.25. The number of hydrogen-bond acceptors (Lipinski definition) is 5. The first-order valence-corrected chi connectivity index (χ1v) is 12.4. The van der Waals surface area contributed by atoms with Crippen molar-refractivity contribution in [3.63, 3.8) is 0 Å². The smallest absolute Gasteiger partial charge is 0.270 e. The van der Waals surface area contributed by atoms with Crippen molar-refractivity contribution in [2.24, 2.45) is 0 Å². The lowest BCUT2D eigenvalue weighted by Gasteiger charge is -2.23.